The maximum Gasteiger partial charge on any atom is 0.323 e. The van der Waals surface area contributed by atoms with Crippen molar-refractivity contribution in [3.8, 4) is 0 Å². The standard InChI is InChI=1S/C17H27N5O3/c1-3-7-21-8-5-9-22(12-16(21)23)17(24)18-15-11-13(19-20(15)2)14-6-4-10-25-14/h11,14H,3-10,12H2,1-2H3,(H,18,24). The van der Waals surface area contributed by atoms with E-state index in [0.717, 1.165) is 44.5 Å². The van der Waals surface area contributed by atoms with Gasteiger partial charge in [-0.25, -0.2) is 4.79 Å². The molecule has 0 bridgehead atoms. The fourth-order valence-corrected chi connectivity index (χ4v) is 3.36. The second-order valence-electron chi connectivity index (χ2n) is 6.67. The highest BCUT2D eigenvalue weighted by Gasteiger charge is 2.26. The van der Waals surface area contributed by atoms with Crippen molar-refractivity contribution in [2.45, 2.75) is 38.7 Å². The summed E-state index contributed by atoms with van der Waals surface area (Å²) < 4.78 is 7.30. The fourth-order valence-electron chi connectivity index (χ4n) is 3.36. The molecule has 2 aliphatic rings. The molecule has 0 aromatic carbocycles. The van der Waals surface area contributed by atoms with Crippen LogP contribution >= 0.6 is 0 Å². The normalized spacial score (nSPS) is 21.5. The van der Waals surface area contributed by atoms with Gasteiger partial charge in [-0.3, -0.25) is 14.8 Å². The Hall–Kier alpha value is -2.09. The number of urea groups is 1. The van der Waals surface area contributed by atoms with E-state index in [1.807, 2.05) is 11.0 Å². The van der Waals surface area contributed by atoms with Crippen LogP contribution in [0.2, 0.25) is 0 Å². The van der Waals surface area contributed by atoms with Crippen molar-refractivity contribution in [2.75, 3.05) is 38.1 Å². The number of hydrogen-bond donors (Lipinski definition) is 1. The molecule has 0 spiro atoms. The molecule has 138 valence electrons. The van der Waals surface area contributed by atoms with E-state index in [1.165, 1.54) is 0 Å². The summed E-state index contributed by atoms with van der Waals surface area (Å²) in [5.74, 6) is 0.636. The third-order valence-corrected chi connectivity index (χ3v) is 4.71. The van der Waals surface area contributed by atoms with Gasteiger partial charge in [0.25, 0.3) is 0 Å². The largest absolute Gasteiger partial charge is 0.372 e. The Labute approximate surface area is 148 Å². The smallest absolute Gasteiger partial charge is 0.323 e. The van der Waals surface area contributed by atoms with Gasteiger partial charge in [-0.05, 0) is 25.7 Å². The number of aromatic nitrogens is 2. The van der Waals surface area contributed by atoms with Crippen LogP contribution in [0.5, 0.6) is 0 Å². The molecule has 0 saturated carbocycles. The summed E-state index contributed by atoms with van der Waals surface area (Å²) in [5.41, 5.74) is 0.844. The molecule has 1 unspecified atom stereocenters. The van der Waals surface area contributed by atoms with Crippen molar-refractivity contribution in [1.82, 2.24) is 19.6 Å². The zero-order valence-corrected chi connectivity index (χ0v) is 15.0. The van der Waals surface area contributed by atoms with E-state index in [1.54, 1.807) is 16.6 Å². The number of nitrogens with zero attached hydrogens (tertiary/aromatic N) is 4. The Bertz CT molecular complexity index is 624. The van der Waals surface area contributed by atoms with Crippen LogP contribution < -0.4 is 5.32 Å². The minimum absolute atomic E-state index is 0.0132. The predicted molar refractivity (Wildman–Crippen MR) is 93.2 cm³/mol. The molecular weight excluding hydrogens is 322 g/mol. The summed E-state index contributed by atoms with van der Waals surface area (Å²) in [5, 5.41) is 7.32. The number of rotatable bonds is 4. The average Bonchev–Trinajstić information content (AvgIpc) is 3.19. The summed E-state index contributed by atoms with van der Waals surface area (Å²) in [4.78, 5) is 28.3. The zero-order chi connectivity index (χ0) is 17.8. The minimum Gasteiger partial charge on any atom is -0.372 e. The van der Waals surface area contributed by atoms with E-state index in [9.17, 15) is 9.59 Å². The Morgan fingerprint density at radius 3 is 2.96 bits per heavy atom. The van der Waals surface area contributed by atoms with Crippen LogP contribution in [0.15, 0.2) is 6.07 Å². The first-order valence-electron chi connectivity index (χ1n) is 9.07. The molecule has 3 heterocycles. The fraction of sp³-hybridized carbons (Fsp3) is 0.706. The molecule has 3 rings (SSSR count). The third-order valence-electron chi connectivity index (χ3n) is 4.71. The SMILES string of the molecule is CCCN1CCCN(C(=O)Nc2cc(C3CCCO3)nn2C)CC1=O. The second kappa shape index (κ2) is 7.86. The zero-order valence-electron chi connectivity index (χ0n) is 15.0. The quantitative estimate of drug-likeness (QED) is 0.898. The van der Waals surface area contributed by atoms with Crippen molar-refractivity contribution in [2.24, 2.45) is 7.05 Å². The van der Waals surface area contributed by atoms with Gasteiger partial charge in [-0.1, -0.05) is 6.92 Å². The molecule has 1 N–H and O–H groups in total. The highest BCUT2D eigenvalue weighted by atomic mass is 16.5. The molecule has 2 saturated heterocycles. The number of hydrogen-bond acceptors (Lipinski definition) is 4. The van der Waals surface area contributed by atoms with Crippen molar-refractivity contribution in [1.29, 1.82) is 0 Å². The molecule has 1 atom stereocenters. The molecule has 2 aliphatic heterocycles. The monoisotopic (exact) mass is 349 g/mol. The van der Waals surface area contributed by atoms with E-state index in [-0.39, 0.29) is 24.6 Å². The van der Waals surface area contributed by atoms with Gasteiger partial charge in [0.2, 0.25) is 5.91 Å². The summed E-state index contributed by atoms with van der Waals surface area (Å²) in [7, 11) is 1.80. The van der Waals surface area contributed by atoms with Gasteiger partial charge >= 0.3 is 6.03 Å². The Morgan fingerprint density at radius 1 is 1.40 bits per heavy atom. The Balaban J connectivity index is 1.63. The number of carbonyl (C=O) groups excluding carboxylic acids is 2. The maximum absolute atomic E-state index is 12.6. The average molecular weight is 349 g/mol. The second-order valence-corrected chi connectivity index (χ2v) is 6.67. The van der Waals surface area contributed by atoms with Gasteiger partial charge in [0.05, 0.1) is 5.69 Å². The number of amides is 3. The molecule has 8 nitrogen and oxygen atoms in total. The first-order chi connectivity index (χ1) is 12.1. The van der Waals surface area contributed by atoms with Gasteiger partial charge in [0, 0.05) is 39.4 Å². The van der Waals surface area contributed by atoms with Gasteiger partial charge in [0.15, 0.2) is 0 Å². The van der Waals surface area contributed by atoms with Crippen LogP contribution in [0, 0.1) is 0 Å². The van der Waals surface area contributed by atoms with Crippen molar-refractivity contribution in [3.63, 3.8) is 0 Å². The van der Waals surface area contributed by atoms with E-state index >= 15 is 0 Å². The molecule has 0 aliphatic carbocycles. The van der Waals surface area contributed by atoms with Gasteiger partial charge in [-0.15, -0.1) is 0 Å². The lowest BCUT2D eigenvalue weighted by atomic mass is 10.2. The lowest BCUT2D eigenvalue weighted by Crippen LogP contribution is -2.41. The topological polar surface area (TPSA) is 79.7 Å². The number of carbonyl (C=O) groups is 2. The Kier molecular flexibility index (Phi) is 5.57. The minimum atomic E-state index is -0.256. The number of ether oxygens (including phenoxy) is 1. The number of nitrogens with one attached hydrogen (secondary N) is 1. The van der Waals surface area contributed by atoms with E-state index in [0.29, 0.717) is 18.9 Å². The van der Waals surface area contributed by atoms with Crippen molar-refractivity contribution >= 4 is 17.8 Å². The van der Waals surface area contributed by atoms with Crippen LogP contribution in [-0.2, 0) is 16.6 Å². The van der Waals surface area contributed by atoms with Crippen LogP contribution in [-0.4, -0.2) is 64.3 Å². The van der Waals surface area contributed by atoms with Crippen LogP contribution in [0.1, 0.15) is 44.4 Å². The number of anilines is 1. The van der Waals surface area contributed by atoms with Crippen LogP contribution in [0.25, 0.3) is 0 Å². The van der Waals surface area contributed by atoms with E-state index in [2.05, 4.69) is 17.3 Å². The van der Waals surface area contributed by atoms with Crippen molar-refractivity contribution in [3.05, 3.63) is 11.8 Å². The summed E-state index contributed by atoms with van der Waals surface area (Å²) in [6, 6.07) is 1.60. The predicted octanol–water partition coefficient (Wildman–Crippen LogP) is 1.75. The van der Waals surface area contributed by atoms with E-state index in [4.69, 9.17) is 4.74 Å². The highest BCUT2D eigenvalue weighted by molar-refractivity contribution is 5.92. The summed E-state index contributed by atoms with van der Waals surface area (Å²) in [6.07, 6.45) is 3.73. The van der Waals surface area contributed by atoms with E-state index < -0.39 is 0 Å². The summed E-state index contributed by atoms with van der Waals surface area (Å²) in [6.45, 7) is 4.98. The first-order valence-corrected chi connectivity index (χ1v) is 9.07. The molecule has 25 heavy (non-hydrogen) atoms. The number of aryl methyl sites for hydroxylation is 1. The van der Waals surface area contributed by atoms with Crippen molar-refractivity contribution < 1.29 is 14.3 Å². The van der Waals surface area contributed by atoms with Crippen LogP contribution in [0.3, 0.4) is 0 Å². The molecule has 8 heteroatoms. The van der Waals surface area contributed by atoms with Gasteiger partial charge < -0.3 is 14.5 Å². The van der Waals surface area contributed by atoms with Gasteiger partial charge in [-0.2, -0.15) is 5.10 Å². The lowest BCUT2D eigenvalue weighted by Gasteiger charge is -2.21. The Morgan fingerprint density at radius 2 is 2.24 bits per heavy atom. The first kappa shape index (κ1) is 17.7. The molecule has 0 radical (unpaired) electrons. The lowest BCUT2D eigenvalue weighted by molar-refractivity contribution is -0.130. The maximum atomic E-state index is 12.6. The summed E-state index contributed by atoms with van der Waals surface area (Å²) >= 11 is 0. The van der Waals surface area contributed by atoms with Crippen LogP contribution in [0.4, 0.5) is 10.6 Å². The highest BCUT2D eigenvalue weighted by Crippen LogP contribution is 2.29. The molecular formula is C17H27N5O3. The molecule has 2 fully saturated rings. The van der Waals surface area contributed by atoms with Gasteiger partial charge in [0.1, 0.15) is 18.5 Å². The molecule has 1 aromatic rings. The third kappa shape index (κ3) is 4.12. The molecule has 1 aromatic heterocycles. The molecule has 3 amide bonds.